The van der Waals surface area contributed by atoms with Crippen molar-refractivity contribution in [3.63, 3.8) is 0 Å². The van der Waals surface area contributed by atoms with E-state index >= 15 is 0 Å². The highest BCUT2D eigenvalue weighted by Gasteiger charge is 2.29. The number of ether oxygens (including phenoxy) is 1. The van der Waals surface area contributed by atoms with Gasteiger partial charge in [0.2, 0.25) is 0 Å². The second-order valence-electron chi connectivity index (χ2n) is 6.25. The molecule has 1 amide bonds. The Bertz CT molecular complexity index is 238. The Morgan fingerprint density at radius 2 is 1.62 bits per heavy atom. The van der Waals surface area contributed by atoms with Crippen LogP contribution in [0, 0.1) is 5.41 Å². The summed E-state index contributed by atoms with van der Waals surface area (Å²) in [5.74, 6) is 0. The van der Waals surface area contributed by atoms with E-state index in [4.69, 9.17) is 4.74 Å². The van der Waals surface area contributed by atoms with Crippen molar-refractivity contribution in [1.82, 2.24) is 5.32 Å². The maximum atomic E-state index is 11.5. The van der Waals surface area contributed by atoms with Crippen LogP contribution in [0.1, 0.15) is 48.5 Å². The second-order valence-corrected chi connectivity index (χ2v) is 6.25. The molecule has 16 heavy (non-hydrogen) atoms. The average Bonchev–Trinajstić information content (AvgIpc) is 1.96. The van der Waals surface area contributed by atoms with E-state index in [-0.39, 0.29) is 11.5 Å². The third-order valence-electron chi connectivity index (χ3n) is 2.11. The number of hydrogen-bond donors (Lipinski definition) is 2. The molecule has 0 aromatic carbocycles. The predicted octanol–water partition coefficient (Wildman–Crippen LogP) is 2.31. The number of rotatable bonds is 2. The fraction of sp³-hybridized carbons (Fsp3) is 0.917. The van der Waals surface area contributed by atoms with E-state index in [2.05, 4.69) is 5.32 Å². The first-order chi connectivity index (χ1) is 6.93. The molecule has 0 rings (SSSR count). The number of carbonyl (C=O) groups is 1. The quantitative estimate of drug-likeness (QED) is 0.766. The van der Waals surface area contributed by atoms with Crippen LogP contribution in [-0.4, -0.2) is 28.9 Å². The largest absolute Gasteiger partial charge is 0.444 e. The summed E-state index contributed by atoms with van der Waals surface area (Å²) >= 11 is 0. The Morgan fingerprint density at radius 1 is 1.19 bits per heavy atom. The fourth-order valence-electron chi connectivity index (χ4n) is 1.32. The van der Waals surface area contributed by atoms with E-state index in [1.54, 1.807) is 27.7 Å². The number of nitrogens with one attached hydrogen (secondary N) is 1. The molecular formula is C12H25NO3. The normalized spacial score (nSPS) is 16.5. The molecular weight excluding hydrogens is 206 g/mol. The summed E-state index contributed by atoms with van der Waals surface area (Å²) in [6, 6.07) is -0.338. The third-order valence-corrected chi connectivity index (χ3v) is 2.11. The van der Waals surface area contributed by atoms with Crippen LogP contribution in [0.5, 0.6) is 0 Å². The Morgan fingerprint density at radius 3 is 1.94 bits per heavy atom. The van der Waals surface area contributed by atoms with Crippen LogP contribution in [0.15, 0.2) is 0 Å². The molecule has 0 saturated carbocycles. The van der Waals surface area contributed by atoms with Gasteiger partial charge >= 0.3 is 6.09 Å². The van der Waals surface area contributed by atoms with E-state index in [9.17, 15) is 9.90 Å². The maximum absolute atomic E-state index is 11.5. The molecule has 0 aromatic rings. The lowest BCUT2D eigenvalue weighted by atomic mass is 9.85. The Hall–Kier alpha value is -0.770. The number of amides is 1. The molecule has 2 atom stereocenters. The molecule has 0 heterocycles. The lowest BCUT2D eigenvalue weighted by Crippen LogP contribution is -2.48. The molecule has 2 N–H and O–H groups in total. The van der Waals surface area contributed by atoms with Crippen molar-refractivity contribution in [2.75, 3.05) is 0 Å². The van der Waals surface area contributed by atoms with Crippen molar-refractivity contribution >= 4 is 6.09 Å². The summed E-state index contributed by atoms with van der Waals surface area (Å²) in [5.41, 5.74) is -0.787. The van der Waals surface area contributed by atoms with Crippen LogP contribution in [0.25, 0.3) is 0 Å². The molecule has 4 heteroatoms. The second kappa shape index (κ2) is 5.04. The Labute approximate surface area is 98.4 Å². The minimum atomic E-state index is -0.611. The van der Waals surface area contributed by atoms with Gasteiger partial charge in [0.15, 0.2) is 0 Å². The van der Waals surface area contributed by atoms with E-state index < -0.39 is 17.8 Å². The topological polar surface area (TPSA) is 58.6 Å². The third kappa shape index (κ3) is 5.95. The van der Waals surface area contributed by atoms with Crippen molar-refractivity contribution in [3.8, 4) is 0 Å². The van der Waals surface area contributed by atoms with Gasteiger partial charge in [0.1, 0.15) is 5.60 Å². The zero-order valence-corrected chi connectivity index (χ0v) is 11.4. The SMILES string of the molecule is C[C@H](NC(=O)OC(C)(C)C)[C@H](O)C(C)(C)C. The van der Waals surface area contributed by atoms with Gasteiger partial charge in [-0.25, -0.2) is 4.79 Å². The first-order valence-electron chi connectivity index (χ1n) is 5.61. The summed E-state index contributed by atoms with van der Waals surface area (Å²) in [6.07, 6.45) is -1.11. The maximum Gasteiger partial charge on any atom is 0.407 e. The highest BCUT2D eigenvalue weighted by molar-refractivity contribution is 5.68. The van der Waals surface area contributed by atoms with Gasteiger partial charge < -0.3 is 15.2 Å². The smallest absolute Gasteiger partial charge is 0.407 e. The summed E-state index contributed by atoms with van der Waals surface area (Å²) < 4.78 is 5.11. The number of hydrogen-bond acceptors (Lipinski definition) is 3. The molecule has 0 aromatic heterocycles. The molecule has 0 aliphatic rings. The highest BCUT2D eigenvalue weighted by atomic mass is 16.6. The summed E-state index contributed by atoms with van der Waals surface area (Å²) in [7, 11) is 0. The average molecular weight is 231 g/mol. The van der Waals surface area contributed by atoms with Crippen LogP contribution in [0.3, 0.4) is 0 Å². The molecule has 0 bridgehead atoms. The number of carbonyl (C=O) groups excluding carboxylic acids is 1. The summed E-state index contributed by atoms with van der Waals surface area (Å²) in [5, 5.41) is 12.6. The van der Waals surface area contributed by atoms with Crippen molar-refractivity contribution in [2.24, 2.45) is 5.41 Å². The molecule has 0 fully saturated rings. The van der Waals surface area contributed by atoms with Crippen molar-refractivity contribution in [1.29, 1.82) is 0 Å². The van der Waals surface area contributed by atoms with E-state index in [0.717, 1.165) is 0 Å². The van der Waals surface area contributed by atoms with Crippen molar-refractivity contribution in [3.05, 3.63) is 0 Å². The Kier molecular flexibility index (Phi) is 4.80. The van der Waals surface area contributed by atoms with Gasteiger partial charge in [0.05, 0.1) is 12.1 Å². The van der Waals surface area contributed by atoms with E-state index in [1.165, 1.54) is 0 Å². The summed E-state index contributed by atoms with van der Waals surface area (Å²) in [6.45, 7) is 12.9. The van der Waals surface area contributed by atoms with Gasteiger partial charge in [-0.3, -0.25) is 0 Å². The van der Waals surface area contributed by atoms with Crippen molar-refractivity contribution in [2.45, 2.75) is 66.2 Å². The molecule has 0 aliphatic heterocycles. The van der Waals surface area contributed by atoms with Crippen LogP contribution in [0.4, 0.5) is 4.79 Å². The van der Waals surface area contributed by atoms with Crippen molar-refractivity contribution < 1.29 is 14.6 Å². The van der Waals surface area contributed by atoms with E-state index in [1.807, 2.05) is 20.8 Å². The molecule has 4 nitrogen and oxygen atoms in total. The zero-order valence-electron chi connectivity index (χ0n) is 11.4. The van der Waals surface area contributed by atoms with Crippen LogP contribution in [-0.2, 0) is 4.74 Å². The van der Waals surface area contributed by atoms with Gasteiger partial charge in [0, 0.05) is 0 Å². The highest BCUT2D eigenvalue weighted by Crippen LogP contribution is 2.21. The molecule has 0 spiro atoms. The molecule has 0 unspecified atom stereocenters. The van der Waals surface area contributed by atoms with Gasteiger partial charge in [0.25, 0.3) is 0 Å². The monoisotopic (exact) mass is 231 g/mol. The minimum Gasteiger partial charge on any atom is -0.444 e. The fourth-order valence-corrected chi connectivity index (χ4v) is 1.32. The minimum absolute atomic E-state index is 0.269. The molecule has 0 saturated heterocycles. The lowest BCUT2D eigenvalue weighted by Gasteiger charge is -2.31. The van der Waals surface area contributed by atoms with Crippen LogP contribution in [0.2, 0.25) is 0 Å². The first-order valence-corrected chi connectivity index (χ1v) is 5.61. The molecule has 0 aliphatic carbocycles. The Balaban J connectivity index is 4.26. The van der Waals surface area contributed by atoms with Gasteiger partial charge in [-0.1, -0.05) is 20.8 Å². The molecule has 96 valence electrons. The number of aliphatic hydroxyl groups excluding tert-OH is 1. The van der Waals surface area contributed by atoms with Gasteiger partial charge in [-0.15, -0.1) is 0 Å². The lowest BCUT2D eigenvalue weighted by molar-refractivity contribution is 0.0182. The van der Waals surface area contributed by atoms with Gasteiger partial charge in [-0.05, 0) is 33.1 Å². The summed E-state index contributed by atoms with van der Waals surface area (Å²) in [4.78, 5) is 11.5. The zero-order chi connectivity index (χ0) is 13.1. The standard InChI is InChI=1S/C12H25NO3/c1-8(9(14)11(2,3)4)13-10(15)16-12(5,6)7/h8-9,14H,1-7H3,(H,13,15)/t8-,9-/m0/s1. The molecule has 0 radical (unpaired) electrons. The van der Waals surface area contributed by atoms with Crippen LogP contribution >= 0.6 is 0 Å². The predicted molar refractivity (Wildman–Crippen MR) is 64.3 cm³/mol. The van der Waals surface area contributed by atoms with Crippen LogP contribution < -0.4 is 5.32 Å². The number of aliphatic hydroxyl groups is 1. The first kappa shape index (κ1) is 15.2. The van der Waals surface area contributed by atoms with E-state index in [0.29, 0.717) is 0 Å². The number of alkyl carbamates (subject to hydrolysis) is 1. The van der Waals surface area contributed by atoms with Gasteiger partial charge in [-0.2, -0.15) is 0 Å².